The van der Waals surface area contributed by atoms with Crippen LogP contribution in [0, 0.1) is 0 Å². The summed E-state index contributed by atoms with van der Waals surface area (Å²) < 4.78 is 12.5. The summed E-state index contributed by atoms with van der Waals surface area (Å²) in [7, 11) is 0. The van der Waals surface area contributed by atoms with Crippen LogP contribution in [0.25, 0.3) is 112 Å². The van der Waals surface area contributed by atoms with Gasteiger partial charge in [0, 0.05) is 38.6 Å². The molecule has 6 nitrogen and oxygen atoms in total. The summed E-state index contributed by atoms with van der Waals surface area (Å²) in [4.78, 5) is 20.1. The fourth-order valence-electron chi connectivity index (χ4n) is 7.65. The van der Waals surface area contributed by atoms with Crippen LogP contribution in [0.1, 0.15) is 0 Å². The zero-order chi connectivity index (χ0) is 38.4. The van der Waals surface area contributed by atoms with E-state index in [2.05, 4.69) is 115 Å². The standard InChI is InChI=1S/C52H32N4O2/c1-3-12-33(13-4-1)37-16-9-17-38(30-37)39-18-10-19-40(31-39)50-54-49(55-51(56-50)41-28-29-47-44(32-41)43-20-7-8-23-46(43)57-47)35-26-24-34(25-27-35)42-21-11-22-45-48(42)58-52(53-45)36-14-5-2-6-15-36/h1-32H. The van der Waals surface area contributed by atoms with E-state index < -0.39 is 0 Å². The maximum absolute atomic E-state index is 6.36. The van der Waals surface area contributed by atoms with E-state index in [0.717, 1.165) is 83.1 Å². The van der Waals surface area contributed by atoms with Crippen molar-refractivity contribution in [1.29, 1.82) is 0 Å². The van der Waals surface area contributed by atoms with Gasteiger partial charge in [0.25, 0.3) is 0 Å². The second-order valence-electron chi connectivity index (χ2n) is 14.3. The molecular weight excluding hydrogens is 713 g/mol. The van der Waals surface area contributed by atoms with Gasteiger partial charge in [-0.1, -0.05) is 140 Å². The zero-order valence-corrected chi connectivity index (χ0v) is 31.1. The van der Waals surface area contributed by atoms with Crippen LogP contribution in [0.3, 0.4) is 0 Å². The average Bonchev–Trinajstić information content (AvgIpc) is 3.92. The van der Waals surface area contributed by atoms with Crippen LogP contribution in [0.15, 0.2) is 203 Å². The molecule has 0 saturated carbocycles. The molecule has 11 aromatic rings. The molecule has 272 valence electrons. The molecule has 0 atom stereocenters. The minimum Gasteiger partial charge on any atom is -0.456 e. The highest BCUT2D eigenvalue weighted by Gasteiger charge is 2.17. The van der Waals surface area contributed by atoms with E-state index in [1.807, 2.05) is 78.9 Å². The summed E-state index contributed by atoms with van der Waals surface area (Å²) in [6.07, 6.45) is 0. The lowest BCUT2D eigenvalue weighted by atomic mass is 9.98. The summed E-state index contributed by atoms with van der Waals surface area (Å²) in [5.74, 6) is 2.33. The van der Waals surface area contributed by atoms with Crippen molar-refractivity contribution in [1.82, 2.24) is 19.9 Å². The first-order valence-corrected chi connectivity index (χ1v) is 19.2. The number of oxazole rings is 1. The predicted molar refractivity (Wildman–Crippen MR) is 233 cm³/mol. The van der Waals surface area contributed by atoms with Gasteiger partial charge in [0.05, 0.1) is 0 Å². The molecule has 0 saturated heterocycles. The Labute approximate surface area is 333 Å². The van der Waals surface area contributed by atoms with Gasteiger partial charge in [-0.3, -0.25) is 0 Å². The monoisotopic (exact) mass is 744 g/mol. The molecule has 0 amide bonds. The Hall–Kier alpha value is -7.96. The first-order chi connectivity index (χ1) is 28.7. The average molecular weight is 745 g/mol. The van der Waals surface area contributed by atoms with Crippen molar-refractivity contribution in [2.75, 3.05) is 0 Å². The summed E-state index contributed by atoms with van der Waals surface area (Å²) in [5, 5.41) is 2.06. The van der Waals surface area contributed by atoms with E-state index in [4.69, 9.17) is 28.8 Å². The quantitative estimate of drug-likeness (QED) is 0.162. The molecule has 0 aliphatic carbocycles. The van der Waals surface area contributed by atoms with Crippen molar-refractivity contribution < 1.29 is 8.83 Å². The van der Waals surface area contributed by atoms with E-state index in [0.29, 0.717) is 23.4 Å². The lowest BCUT2D eigenvalue weighted by Gasteiger charge is -2.11. The Bertz CT molecular complexity index is 3280. The number of nitrogens with zero attached hydrogens (tertiary/aromatic N) is 4. The van der Waals surface area contributed by atoms with E-state index in [-0.39, 0.29) is 0 Å². The van der Waals surface area contributed by atoms with Crippen LogP contribution < -0.4 is 0 Å². The highest BCUT2D eigenvalue weighted by atomic mass is 16.3. The molecule has 3 heterocycles. The number of benzene rings is 8. The first kappa shape index (κ1) is 33.4. The maximum Gasteiger partial charge on any atom is 0.227 e. The number of rotatable bonds is 7. The second-order valence-corrected chi connectivity index (χ2v) is 14.3. The smallest absolute Gasteiger partial charge is 0.227 e. The number of para-hydroxylation sites is 2. The van der Waals surface area contributed by atoms with Crippen molar-refractivity contribution in [3.63, 3.8) is 0 Å². The number of fused-ring (bicyclic) bond motifs is 4. The van der Waals surface area contributed by atoms with E-state index in [1.165, 1.54) is 5.56 Å². The molecule has 0 aliphatic heterocycles. The number of aromatic nitrogens is 4. The molecule has 3 aromatic heterocycles. The Morgan fingerprint density at radius 2 is 0.810 bits per heavy atom. The Morgan fingerprint density at radius 1 is 0.293 bits per heavy atom. The third kappa shape index (κ3) is 6.10. The second kappa shape index (κ2) is 14.0. The van der Waals surface area contributed by atoms with Crippen LogP contribution in [-0.2, 0) is 0 Å². The maximum atomic E-state index is 6.36. The van der Waals surface area contributed by atoms with Gasteiger partial charge in [0.15, 0.2) is 23.1 Å². The van der Waals surface area contributed by atoms with Crippen LogP contribution in [-0.4, -0.2) is 19.9 Å². The zero-order valence-electron chi connectivity index (χ0n) is 31.1. The van der Waals surface area contributed by atoms with Crippen LogP contribution in [0.2, 0.25) is 0 Å². The van der Waals surface area contributed by atoms with Crippen molar-refractivity contribution in [2.24, 2.45) is 0 Å². The third-order valence-electron chi connectivity index (χ3n) is 10.6. The van der Waals surface area contributed by atoms with Crippen LogP contribution >= 0.6 is 0 Å². The molecule has 0 unspecified atom stereocenters. The van der Waals surface area contributed by atoms with Crippen LogP contribution in [0.4, 0.5) is 0 Å². The number of furan rings is 1. The summed E-state index contributed by atoms with van der Waals surface area (Å²) >= 11 is 0. The molecule has 0 aliphatic rings. The molecule has 0 bridgehead atoms. The molecule has 8 aromatic carbocycles. The van der Waals surface area contributed by atoms with E-state index in [1.54, 1.807) is 0 Å². The molecule has 0 fully saturated rings. The molecule has 0 spiro atoms. The van der Waals surface area contributed by atoms with Gasteiger partial charge < -0.3 is 8.83 Å². The van der Waals surface area contributed by atoms with Gasteiger partial charge in [-0.25, -0.2) is 19.9 Å². The summed E-state index contributed by atoms with van der Waals surface area (Å²) in [6.45, 7) is 0. The fraction of sp³-hybridized carbons (Fsp3) is 0. The SMILES string of the molecule is c1ccc(-c2cccc(-c3cccc(-c4nc(-c5ccc(-c6cccc7nc(-c8ccccc8)oc67)cc5)nc(-c5ccc6oc7ccccc7c6c5)n4)c3)c2)cc1. The first-order valence-electron chi connectivity index (χ1n) is 19.2. The Balaban J connectivity index is 1.01. The fourth-order valence-corrected chi connectivity index (χ4v) is 7.65. The van der Waals surface area contributed by atoms with E-state index >= 15 is 0 Å². The van der Waals surface area contributed by atoms with Gasteiger partial charge >= 0.3 is 0 Å². The Kier molecular flexibility index (Phi) is 8.04. The Morgan fingerprint density at radius 3 is 1.55 bits per heavy atom. The van der Waals surface area contributed by atoms with Gasteiger partial charge in [0.2, 0.25) is 5.89 Å². The van der Waals surface area contributed by atoms with Gasteiger partial charge in [-0.15, -0.1) is 0 Å². The van der Waals surface area contributed by atoms with Gasteiger partial charge in [-0.2, -0.15) is 0 Å². The molecular formula is C52H32N4O2. The van der Waals surface area contributed by atoms with Gasteiger partial charge in [0.1, 0.15) is 16.7 Å². The topological polar surface area (TPSA) is 77.8 Å². The minimum absolute atomic E-state index is 0.574. The largest absolute Gasteiger partial charge is 0.456 e. The minimum atomic E-state index is 0.574. The molecule has 0 N–H and O–H groups in total. The normalized spacial score (nSPS) is 11.4. The molecule has 6 heteroatoms. The lowest BCUT2D eigenvalue weighted by molar-refractivity contribution is 0.621. The molecule has 58 heavy (non-hydrogen) atoms. The highest BCUT2D eigenvalue weighted by molar-refractivity contribution is 6.06. The van der Waals surface area contributed by atoms with Crippen molar-refractivity contribution in [3.8, 4) is 79.0 Å². The van der Waals surface area contributed by atoms with Crippen molar-refractivity contribution in [3.05, 3.63) is 194 Å². The predicted octanol–water partition coefficient (Wildman–Crippen LogP) is 13.6. The molecule has 0 radical (unpaired) electrons. The number of hydrogen-bond donors (Lipinski definition) is 0. The van der Waals surface area contributed by atoms with Crippen LogP contribution in [0.5, 0.6) is 0 Å². The number of hydrogen-bond acceptors (Lipinski definition) is 6. The summed E-state index contributed by atoms with van der Waals surface area (Å²) in [5.41, 5.74) is 13.3. The third-order valence-corrected chi connectivity index (χ3v) is 10.6. The van der Waals surface area contributed by atoms with E-state index in [9.17, 15) is 0 Å². The lowest BCUT2D eigenvalue weighted by Crippen LogP contribution is -2.00. The summed E-state index contributed by atoms with van der Waals surface area (Å²) in [6, 6.07) is 66.0. The van der Waals surface area contributed by atoms with Crippen molar-refractivity contribution >= 4 is 33.0 Å². The van der Waals surface area contributed by atoms with Gasteiger partial charge in [-0.05, 0) is 82.4 Å². The highest BCUT2D eigenvalue weighted by Crippen LogP contribution is 2.36. The molecule has 11 rings (SSSR count). The van der Waals surface area contributed by atoms with Crippen molar-refractivity contribution in [2.45, 2.75) is 0 Å².